The monoisotopic (exact) mass is 320 g/mol. The van der Waals surface area contributed by atoms with Gasteiger partial charge in [-0.3, -0.25) is 0 Å². The Bertz CT molecular complexity index is 811. The number of hydrogen-bond donors (Lipinski definition) is 1. The highest BCUT2D eigenvalue weighted by Crippen LogP contribution is 2.17. The maximum atomic E-state index is 4.59. The average Bonchev–Trinajstić information content (AvgIpc) is 2.87. The fraction of sp³-hybridized carbons (Fsp3) is 0.333. The first-order valence-corrected chi connectivity index (χ1v) is 8.43. The Morgan fingerprint density at radius 1 is 1.00 bits per heavy atom. The van der Waals surface area contributed by atoms with Gasteiger partial charge in [-0.05, 0) is 18.9 Å². The summed E-state index contributed by atoms with van der Waals surface area (Å²) in [7, 11) is 0. The van der Waals surface area contributed by atoms with E-state index in [0.717, 1.165) is 41.8 Å². The van der Waals surface area contributed by atoms with Crippen LogP contribution in [0.5, 0.6) is 0 Å². The first-order valence-electron chi connectivity index (χ1n) is 8.43. The van der Waals surface area contributed by atoms with Gasteiger partial charge in [0.25, 0.3) is 0 Å². The van der Waals surface area contributed by atoms with Crippen LogP contribution >= 0.6 is 0 Å². The quantitative estimate of drug-likeness (QED) is 0.800. The van der Waals surface area contributed by atoms with Crippen molar-refractivity contribution in [2.75, 3.05) is 5.32 Å². The van der Waals surface area contributed by atoms with Crippen molar-refractivity contribution in [1.29, 1.82) is 0 Å². The maximum absolute atomic E-state index is 4.59. The molecule has 1 aliphatic rings. The molecule has 0 saturated carbocycles. The van der Waals surface area contributed by atoms with Gasteiger partial charge in [0, 0.05) is 24.7 Å². The number of nitrogens with one attached hydrogen (secondary N) is 1. The fourth-order valence-corrected chi connectivity index (χ4v) is 3.03. The minimum Gasteiger partial charge on any atom is -0.363 e. The van der Waals surface area contributed by atoms with Gasteiger partial charge in [0.15, 0.2) is 11.6 Å². The van der Waals surface area contributed by atoms with Gasteiger partial charge >= 0.3 is 0 Å². The van der Waals surface area contributed by atoms with E-state index in [1.807, 2.05) is 36.4 Å². The lowest BCUT2D eigenvalue weighted by Crippen LogP contribution is -2.11. The Labute approximate surface area is 141 Å². The summed E-state index contributed by atoms with van der Waals surface area (Å²) in [6.07, 6.45) is 6.48. The van der Waals surface area contributed by atoms with Crippen molar-refractivity contribution < 1.29 is 0 Å². The van der Waals surface area contributed by atoms with E-state index in [0.29, 0.717) is 6.54 Å². The van der Waals surface area contributed by atoms with Gasteiger partial charge in [0.2, 0.25) is 0 Å². The molecule has 0 fully saturated rings. The average molecular weight is 320 g/mol. The van der Waals surface area contributed by atoms with Crippen molar-refractivity contribution in [1.82, 2.24) is 24.7 Å². The van der Waals surface area contributed by atoms with Crippen molar-refractivity contribution in [3.8, 4) is 11.4 Å². The highest BCUT2D eigenvalue weighted by atomic mass is 15.3. The molecule has 1 aromatic carbocycles. The zero-order valence-corrected chi connectivity index (χ0v) is 13.5. The number of benzene rings is 1. The van der Waals surface area contributed by atoms with Gasteiger partial charge in [0.1, 0.15) is 11.6 Å². The van der Waals surface area contributed by atoms with Crippen molar-refractivity contribution in [3.05, 3.63) is 54.2 Å². The first-order chi connectivity index (χ1) is 11.9. The number of fused-ring (bicyclic) bond motifs is 1. The van der Waals surface area contributed by atoms with Crippen LogP contribution < -0.4 is 5.32 Å². The van der Waals surface area contributed by atoms with Crippen LogP contribution in [-0.4, -0.2) is 24.7 Å². The summed E-state index contributed by atoms with van der Waals surface area (Å²) in [5.74, 6) is 3.61. The normalized spacial score (nSPS) is 14.0. The van der Waals surface area contributed by atoms with E-state index in [9.17, 15) is 0 Å². The molecule has 0 unspecified atom stereocenters. The summed E-state index contributed by atoms with van der Waals surface area (Å²) in [6, 6.07) is 11.9. The number of aryl methyl sites for hydroxylation is 1. The smallest absolute Gasteiger partial charge is 0.161 e. The van der Waals surface area contributed by atoms with Crippen LogP contribution in [0.4, 0.5) is 5.82 Å². The van der Waals surface area contributed by atoms with Gasteiger partial charge in [-0.15, -0.1) is 10.2 Å². The second-order valence-corrected chi connectivity index (χ2v) is 5.98. The number of aromatic nitrogens is 5. The number of rotatable bonds is 4. The van der Waals surface area contributed by atoms with E-state index in [1.54, 1.807) is 6.20 Å². The van der Waals surface area contributed by atoms with Crippen LogP contribution in [0.2, 0.25) is 0 Å². The molecule has 122 valence electrons. The largest absolute Gasteiger partial charge is 0.363 e. The highest BCUT2D eigenvalue weighted by Gasteiger charge is 2.14. The second kappa shape index (κ2) is 6.78. The molecule has 0 amide bonds. The van der Waals surface area contributed by atoms with Gasteiger partial charge in [-0.2, -0.15) is 0 Å². The lowest BCUT2D eigenvalue weighted by atomic mass is 10.2. The molecule has 0 bridgehead atoms. The Morgan fingerprint density at radius 2 is 1.92 bits per heavy atom. The molecule has 0 saturated heterocycles. The van der Waals surface area contributed by atoms with E-state index >= 15 is 0 Å². The topological polar surface area (TPSA) is 68.5 Å². The molecule has 24 heavy (non-hydrogen) atoms. The zero-order chi connectivity index (χ0) is 16.2. The fourth-order valence-electron chi connectivity index (χ4n) is 3.03. The van der Waals surface area contributed by atoms with Crippen LogP contribution in [0.1, 0.15) is 30.9 Å². The number of anilines is 1. The van der Waals surface area contributed by atoms with E-state index in [1.165, 1.54) is 19.3 Å². The molecule has 0 spiro atoms. The van der Waals surface area contributed by atoms with Crippen LogP contribution in [0.3, 0.4) is 0 Å². The maximum Gasteiger partial charge on any atom is 0.161 e. The SMILES string of the molecule is c1ccc(-c2nccc(NCc3nnc4n3CCCCC4)n2)cc1. The molecule has 1 N–H and O–H groups in total. The van der Waals surface area contributed by atoms with Gasteiger partial charge in [-0.25, -0.2) is 9.97 Å². The molecule has 6 nitrogen and oxygen atoms in total. The third-order valence-corrected chi connectivity index (χ3v) is 4.30. The van der Waals surface area contributed by atoms with Crippen LogP contribution in [0.15, 0.2) is 42.6 Å². The molecule has 3 heterocycles. The zero-order valence-electron chi connectivity index (χ0n) is 13.5. The Morgan fingerprint density at radius 3 is 2.83 bits per heavy atom. The number of hydrogen-bond acceptors (Lipinski definition) is 5. The Hall–Kier alpha value is -2.76. The van der Waals surface area contributed by atoms with E-state index in [2.05, 4.69) is 30.0 Å². The predicted molar refractivity (Wildman–Crippen MR) is 92.4 cm³/mol. The molecule has 0 aliphatic carbocycles. The van der Waals surface area contributed by atoms with Gasteiger partial charge in [-0.1, -0.05) is 36.8 Å². The summed E-state index contributed by atoms with van der Waals surface area (Å²) >= 11 is 0. The van der Waals surface area contributed by atoms with E-state index < -0.39 is 0 Å². The van der Waals surface area contributed by atoms with Crippen LogP contribution in [-0.2, 0) is 19.5 Å². The summed E-state index contributed by atoms with van der Waals surface area (Å²) in [5, 5.41) is 12.0. The summed E-state index contributed by atoms with van der Waals surface area (Å²) in [6.45, 7) is 1.64. The number of nitrogens with zero attached hydrogens (tertiary/aromatic N) is 5. The van der Waals surface area contributed by atoms with Crippen LogP contribution in [0, 0.1) is 0 Å². The molecule has 0 atom stereocenters. The summed E-state index contributed by atoms with van der Waals surface area (Å²) in [4.78, 5) is 8.95. The van der Waals surface area contributed by atoms with Crippen molar-refractivity contribution in [2.24, 2.45) is 0 Å². The highest BCUT2D eigenvalue weighted by molar-refractivity contribution is 5.56. The molecule has 2 aromatic heterocycles. The Kier molecular flexibility index (Phi) is 4.18. The summed E-state index contributed by atoms with van der Waals surface area (Å²) in [5.41, 5.74) is 1.01. The minimum atomic E-state index is 0.623. The second-order valence-electron chi connectivity index (χ2n) is 5.98. The van der Waals surface area contributed by atoms with Crippen molar-refractivity contribution in [3.63, 3.8) is 0 Å². The molecule has 1 aliphatic heterocycles. The molecule has 6 heteroatoms. The first kappa shape index (κ1) is 14.8. The van der Waals surface area contributed by atoms with E-state index in [4.69, 9.17) is 0 Å². The molecule has 4 rings (SSSR count). The van der Waals surface area contributed by atoms with Gasteiger partial charge < -0.3 is 9.88 Å². The minimum absolute atomic E-state index is 0.623. The van der Waals surface area contributed by atoms with Gasteiger partial charge in [0.05, 0.1) is 6.54 Å². The molecular formula is C18H20N6. The molecule has 3 aromatic rings. The molecule has 0 radical (unpaired) electrons. The lowest BCUT2D eigenvalue weighted by molar-refractivity contribution is 0.610. The van der Waals surface area contributed by atoms with Crippen LogP contribution in [0.25, 0.3) is 11.4 Å². The molecular weight excluding hydrogens is 300 g/mol. The van der Waals surface area contributed by atoms with Crippen molar-refractivity contribution in [2.45, 2.75) is 38.8 Å². The van der Waals surface area contributed by atoms with E-state index in [-0.39, 0.29) is 0 Å². The van der Waals surface area contributed by atoms with Crippen molar-refractivity contribution >= 4 is 5.82 Å². The lowest BCUT2D eigenvalue weighted by Gasteiger charge is -2.09. The standard InChI is InChI=1S/C18H20N6/c1-3-7-14(8-4-1)18-19-11-10-15(21-18)20-13-17-23-22-16-9-5-2-6-12-24(16)17/h1,3-4,7-8,10-11H,2,5-6,9,12-13H2,(H,19,20,21). The third-order valence-electron chi connectivity index (χ3n) is 4.30. The summed E-state index contributed by atoms with van der Waals surface area (Å²) < 4.78 is 2.25. The predicted octanol–water partition coefficient (Wildman–Crippen LogP) is 3.07. The third kappa shape index (κ3) is 3.13. The Balaban J connectivity index is 1.50.